The van der Waals surface area contributed by atoms with Crippen LogP contribution in [-0.4, -0.2) is 43.7 Å². The van der Waals surface area contributed by atoms with Crippen LogP contribution in [0.2, 0.25) is 0 Å². The number of carbonyl (C=O) groups is 2. The largest absolute Gasteiger partial charge is 0.479 e. The van der Waals surface area contributed by atoms with Crippen LogP contribution < -0.4 is 15.4 Å². The Morgan fingerprint density at radius 3 is 2.78 bits per heavy atom. The van der Waals surface area contributed by atoms with E-state index in [1.54, 1.807) is 13.0 Å². The second kappa shape index (κ2) is 8.55. The Morgan fingerprint density at radius 2 is 2.00 bits per heavy atom. The number of piperidine rings is 1. The van der Waals surface area contributed by atoms with Gasteiger partial charge in [-0.2, -0.15) is 4.31 Å². The Hall–Kier alpha value is -2.91. The third kappa shape index (κ3) is 4.22. The molecule has 2 N–H and O–H groups in total. The van der Waals surface area contributed by atoms with E-state index >= 15 is 0 Å². The fourth-order valence-electron chi connectivity index (χ4n) is 3.99. The van der Waals surface area contributed by atoms with Crippen LogP contribution in [0.3, 0.4) is 0 Å². The molecule has 2 aliphatic heterocycles. The van der Waals surface area contributed by atoms with E-state index in [1.807, 2.05) is 32.0 Å². The van der Waals surface area contributed by atoms with E-state index in [9.17, 15) is 18.0 Å². The van der Waals surface area contributed by atoms with Gasteiger partial charge in [0.25, 0.3) is 5.91 Å². The van der Waals surface area contributed by atoms with Crippen molar-refractivity contribution in [1.29, 1.82) is 0 Å². The molecule has 1 fully saturated rings. The lowest BCUT2D eigenvalue weighted by molar-refractivity contribution is -0.123. The first-order valence-electron chi connectivity index (χ1n) is 10.7. The highest BCUT2D eigenvalue weighted by atomic mass is 32.2. The average Bonchev–Trinajstić information content (AvgIpc) is 2.77. The van der Waals surface area contributed by atoms with Crippen molar-refractivity contribution in [2.24, 2.45) is 5.92 Å². The Labute approximate surface area is 188 Å². The summed E-state index contributed by atoms with van der Waals surface area (Å²) in [6.07, 6.45) is 0.574. The topological polar surface area (TPSA) is 105 Å². The Balaban J connectivity index is 1.51. The van der Waals surface area contributed by atoms with E-state index in [-0.39, 0.29) is 23.3 Å². The van der Waals surface area contributed by atoms with Gasteiger partial charge in [-0.25, -0.2) is 8.42 Å². The van der Waals surface area contributed by atoms with Gasteiger partial charge in [0, 0.05) is 18.8 Å². The van der Waals surface area contributed by atoms with Gasteiger partial charge in [0.1, 0.15) is 5.75 Å². The predicted molar refractivity (Wildman–Crippen MR) is 121 cm³/mol. The van der Waals surface area contributed by atoms with Crippen LogP contribution in [0.25, 0.3) is 0 Å². The normalized spacial score (nSPS) is 21.3. The number of rotatable bonds is 4. The summed E-state index contributed by atoms with van der Waals surface area (Å²) in [6, 6.07) is 10.1. The van der Waals surface area contributed by atoms with Crippen molar-refractivity contribution in [1.82, 2.24) is 4.31 Å². The zero-order valence-electron chi connectivity index (χ0n) is 18.3. The zero-order chi connectivity index (χ0) is 23.0. The molecule has 2 amide bonds. The maximum Gasteiger partial charge on any atom is 0.265 e. The number of sulfonamides is 1. The molecule has 0 aromatic heterocycles. The van der Waals surface area contributed by atoms with E-state index in [2.05, 4.69) is 10.6 Å². The highest BCUT2D eigenvalue weighted by Crippen LogP contribution is 2.34. The molecule has 4 rings (SSSR count). The van der Waals surface area contributed by atoms with Crippen LogP contribution in [0, 0.1) is 19.8 Å². The maximum absolute atomic E-state index is 13.3. The molecule has 1 saturated heterocycles. The summed E-state index contributed by atoms with van der Waals surface area (Å²) < 4.78 is 33.4. The van der Waals surface area contributed by atoms with E-state index in [4.69, 9.17) is 4.74 Å². The number of carbonyl (C=O) groups excluding carboxylic acids is 2. The van der Waals surface area contributed by atoms with Crippen LogP contribution >= 0.6 is 0 Å². The molecule has 170 valence electrons. The third-order valence-electron chi connectivity index (χ3n) is 6.14. The molecule has 2 atom stereocenters. The van der Waals surface area contributed by atoms with Gasteiger partial charge in [-0.05, 0) is 69.0 Å². The van der Waals surface area contributed by atoms with Crippen molar-refractivity contribution in [3.8, 4) is 5.75 Å². The zero-order valence-corrected chi connectivity index (χ0v) is 19.2. The lowest BCUT2D eigenvalue weighted by Crippen LogP contribution is -2.43. The molecule has 0 bridgehead atoms. The molecule has 0 spiro atoms. The molecule has 9 heteroatoms. The van der Waals surface area contributed by atoms with Crippen LogP contribution in [0.4, 0.5) is 11.4 Å². The standard InChI is InChI=1S/C23H27N3O5S/c1-14-6-4-8-19(15(14)2)24-23(28)17-7-5-11-26(13-17)32(29,30)18-9-10-21-20(12-18)25-22(27)16(3)31-21/h4,6,8-10,12,16-17H,5,7,11,13H2,1-3H3,(H,24,28)(H,25,27)/t16-,17-/m0/s1. The summed E-state index contributed by atoms with van der Waals surface area (Å²) in [4.78, 5) is 24.9. The molecule has 0 radical (unpaired) electrons. The highest BCUT2D eigenvalue weighted by molar-refractivity contribution is 7.89. The quantitative estimate of drug-likeness (QED) is 0.734. The molecule has 2 aromatic carbocycles. The van der Waals surface area contributed by atoms with Crippen LogP contribution in [0.5, 0.6) is 5.75 Å². The van der Waals surface area contributed by atoms with Crippen molar-refractivity contribution >= 4 is 33.2 Å². The van der Waals surface area contributed by atoms with Gasteiger partial charge in [0.2, 0.25) is 15.9 Å². The molecule has 2 heterocycles. The van der Waals surface area contributed by atoms with Gasteiger partial charge >= 0.3 is 0 Å². The minimum atomic E-state index is -3.83. The summed E-state index contributed by atoms with van der Waals surface area (Å²) in [5.74, 6) is -0.521. The first-order chi connectivity index (χ1) is 15.2. The fraction of sp³-hybridized carbons (Fsp3) is 0.391. The summed E-state index contributed by atoms with van der Waals surface area (Å²) in [6.45, 7) is 6.00. The van der Waals surface area contributed by atoms with Gasteiger partial charge in [-0.1, -0.05) is 12.1 Å². The summed E-state index contributed by atoms with van der Waals surface area (Å²) in [7, 11) is -3.83. The number of amides is 2. The molecule has 32 heavy (non-hydrogen) atoms. The van der Waals surface area contributed by atoms with Crippen molar-refractivity contribution in [2.75, 3.05) is 23.7 Å². The Bertz CT molecular complexity index is 1180. The van der Waals surface area contributed by atoms with Crippen molar-refractivity contribution in [3.63, 3.8) is 0 Å². The van der Waals surface area contributed by atoms with Gasteiger partial charge in [-0.3, -0.25) is 9.59 Å². The monoisotopic (exact) mass is 457 g/mol. The number of hydrogen-bond donors (Lipinski definition) is 2. The number of hydrogen-bond acceptors (Lipinski definition) is 5. The molecular formula is C23H27N3O5S. The second-order valence-corrected chi connectivity index (χ2v) is 10.3. The van der Waals surface area contributed by atoms with Crippen molar-refractivity contribution < 1.29 is 22.7 Å². The number of nitrogens with zero attached hydrogens (tertiary/aromatic N) is 1. The average molecular weight is 458 g/mol. The van der Waals surface area contributed by atoms with Gasteiger partial charge in [-0.15, -0.1) is 0 Å². The number of fused-ring (bicyclic) bond motifs is 1. The van der Waals surface area contributed by atoms with E-state index in [1.165, 1.54) is 16.4 Å². The summed E-state index contributed by atoms with van der Waals surface area (Å²) in [5, 5.41) is 5.64. The lowest BCUT2D eigenvalue weighted by atomic mass is 9.98. The first kappa shape index (κ1) is 22.3. The first-order valence-corrected chi connectivity index (χ1v) is 12.1. The number of nitrogens with one attached hydrogen (secondary N) is 2. The maximum atomic E-state index is 13.3. The molecule has 2 aliphatic rings. The molecule has 0 unspecified atom stereocenters. The van der Waals surface area contributed by atoms with Crippen molar-refractivity contribution in [3.05, 3.63) is 47.5 Å². The molecular weight excluding hydrogens is 430 g/mol. The molecule has 0 aliphatic carbocycles. The number of aryl methyl sites for hydroxylation is 1. The van der Waals surface area contributed by atoms with Gasteiger partial charge in [0.05, 0.1) is 16.5 Å². The number of ether oxygens (including phenoxy) is 1. The minimum absolute atomic E-state index is 0.0605. The summed E-state index contributed by atoms with van der Waals surface area (Å²) in [5.41, 5.74) is 3.15. The number of anilines is 2. The van der Waals surface area contributed by atoms with E-state index < -0.39 is 22.0 Å². The third-order valence-corrected chi connectivity index (χ3v) is 8.00. The van der Waals surface area contributed by atoms with Crippen molar-refractivity contribution in [2.45, 2.75) is 44.6 Å². The molecule has 8 nitrogen and oxygen atoms in total. The van der Waals surface area contributed by atoms with E-state index in [0.29, 0.717) is 30.8 Å². The number of benzene rings is 2. The van der Waals surface area contributed by atoms with E-state index in [0.717, 1.165) is 16.8 Å². The highest BCUT2D eigenvalue weighted by Gasteiger charge is 2.34. The SMILES string of the molecule is Cc1cccc(NC(=O)[C@H]2CCCN(S(=O)(=O)c3ccc4c(c3)NC(=O)[C@H](C)O4)C2)c1C. The van der Waals surface area contributed by atoms with Crippen LogP contribution in [-0.2, 0) is 19.6 Å². The molecule has 2 aromatic rings. The fourth-order valence-corrected chi connectivity index (χ4v) is 5.54. The van der Waals surface area contributed by atoms with Gasteiger partial charge < -0.3 is 15.4 Å². The predicted octanol–water partition coefficient (Wildman–Crippen LogP) is 3.06. The smallest absolute Gasteiger partial charge is 0.265 e. The Kier molecular flexibility index (Phi) is 5.96. The lowest BCUT2D eigenvalue weighted by Gasteiger charge is -2.32. The van der Waals surface area contributed by atoms with Crippen LogP contribution in [0.1, 0.15) is 30.9 Å². The second-order valence-electron chi connectivity index (χ2n) is 8.35. The molecule has 0 saturated carbocycles. The van der Waals surface area contributed by atoms with Gasteiger partial charge in [0.15, 0.2) is 6.10 Å². The Morgan fingerprint density at radius 1 is 1.22 bits per heavy atom. The minimum Gasteiger partial charge on any atom is -0.479 e. The summed E-state index contributed by atoms with van der Waals surface area (Å²) >= 11 is 0. The van der Waals surface area contributed by atoms with Crippen LogP contribution in [0.15, 0.2) is 41.3 Å².